The van der Waals surface area contributed by atoms with Crippen molar-refractivity contribution in [2.45, 2.75) is 44.9 Å². The molecule has 0 spiro atoms. The third-order valence-electron chi connectivity index (χ3n) is 4.65. The monoisotopic (exact) mass is 257 g/mol. The highest BCUT2D eigenvalue weighted by atomic mass is 16.1. The predicted molar refractivity (Wildman–Crippen MR) is 78.7 cm³/mol. The van der Waals surface area contributed by atoms with Crippen molar-refractivity contribution in [3.05, 3.63) is 29.8 Å². The largest absolute Gasteiger partial charge is 0.370 e. The molecule has 102 valence electrons. The topological polar surface area (TPSA) is 20.3 Å². The number of fused-ring (bicyclic) bond motifs is 1. The van der Waals surface area contributed by atoms with Crippen LogP contribution >= 0.6 is 0 Å². The highest BCUT2D eigenvalue weighted by molar-refractivity contribution is 5.78. The van der Waals surface area contributed by atoms with E-state index in [1.54, 1.807) is 6.92 Å². The highest BCUT2D eigenvalue weighted by Crippen LogP contribution is 2.39. The Kier molecular flexibility index (Phi) is 3.58. The molecule has 2 heteroatoms. The van der Waals surface area contributed by atoms with Crippen molar-refractivity contribution in [1.29, 1.82) is 0 Å². The minimum atomic E-state index is 0.308. The summed E-state index contributed by atoms with van der Waals surface area (Å²) in [6, 6.07) is 8.66. The van der Waals surface area contributed by atoms with E-state index >= 15 is 0 Å². The average Bonchev–Trinajstić information content (AvgIpc) is 2.99. The van der Waals surface area contributed by atoms with Crippen LogP contribution in [0.2, 0.25) is 0 Å². The summed E-state index contributed by atoms with van der Waals surface area (Å²) in [6.45, 7) is 3.93. The van der Waals surface area contributed by atoms with E-state index < -0.39 is 0 Å². The van der Waals surface area contributed by atoms with Gasteiger partial charge >= 0.3 is 0 Å². The van der Waals surface area contributed by atoms with Crippen molar-refractivity contribution < 1.29 is 4.79 Å². The van der Waals surface area contributed by atoms with E-state index in [1.165, 1.54) is 43.5 Å². The zero-order valence-corrected chi connectivity index (χ0v) is 11.8. The fourth-order valence-electron chi connectivity index (χ4n) is 3.78. The smallest absolute Gasteiger partial charge is 0.130 e. The zero-order chi connectivity index (χ0) is 13.2. The molecule has 1 heterocycles. The molecule has 1 unspecified atom stereocenters. The number of carbonyl (C=O) groups is 1. The second kappa shape index (κ2) is 5.36. The van der Waals surface area contributed by atoms with Crippen molar-refractivity contribution in [3.63, 3.8) is 0 Å². The zero-order valence-electron chi connectivity index (χ0n) is 11.8. The lowest BCUT2D eigenvalue weighted by Crippen LogP contribution is -2.27. The number of benzene rings is 1. The molecule has 0 amide bonds. The Morgan fingerprint density at radius 3 is 2.74 bits per heavy atom. The molecule has 1 aromatic rings. The van der Waals surface area contributed by atoms with E-state index in [-0.39, 0.29) is 0 Å². The predicted octanol–water partition coefficient (Wildman–Crippen LogP) is 3.76. The first-order valence-electron chi connectivity index (χ1n) is 7.57. The first-order chi connectivity index (χ1) is 9.24. The van der Waals surface area contributed by atoms with Crippen LogP contribution in [0.1, 0.15) is 50.5 Å². The molecule has 0 N–H and O–H groups in total. The van der Waals surface area contributed by atoms with E-state index in [0.29, 0.717) is 18.1 Å². The minimum absolute atomic E-state index is 0.308. The lowest BCUT2D eigenvalue weighted by molar-refractivity contribution is -0.117. The van der Waals surface area contributed by atoms with Gasteiger partial charge in [0.1, 0.15) is 5.78 Å². The molecule has 0 bridgehead atoms. The van der Waals surface area contributed by atoms with Crippen molar-refractivity contribution in [2.24, 2.45) is 5.92 Å². The summed E-state index contributed by atoms with van der Waals surface area (Å²) in [4.78, 5) is 14.0. The molecule has 3 rings (SSSR count). The molecule has 19 heavy (non-hydrogen) atoms. The maximum Gasteiger partial charge on any atom is 0.130 e. The molecular weight excluding hydrogens is 234 g/mol. The number of nitrogens with zero attached hydrogens (tertiary/aromatic N) is 1. The van der Waals surface area contributed by atoms with Crippen LogP contribution in [0.5, 0.6) is 0 Å². The van der Waals surface area contributed by atoms with Crippen molar-refractivity contribution in [3.8, 4) is 0 Å². The van der Waals surface area contributed by atoms with E-state index in [9.17, 15) is 4.79 Å². The van der Waals surface area contributed by atoms with Gasteiger partial charge in [-0.25, -0.2) is 0 Å². The Morgan fingerprint density at radius 2 is 2.00 bits per heavy atom. The highest BCUT2D eigenvalue weighted by Gasteiger charge is 2.30. The first kappa shape index (κ1) is 12.7. The van der Waals surface area contributed by atoms with Gasteiger partial charge in [-0.15, -0.1) is 0 Å². The molecule has 1 aliphatic carbocycles. The van der Waals surface area contributed by atoms with Crippen molar-refractivity contribution in [1.82, 2.24) is 0 Å². The van der Waals surface area contributed by atoms with E-state index in [1.807, 2.05) is 0 Å². The number of hydrogen-bond donors (Lipinski definition) is 0. The number of anilines is 1. The lowest BCUT2D eigenvalue weighted by Gasteiger charge is -2.23. The van der Waals surface area contributed by atoms with Crippen LogP contribution in [-0.4, -0.2) is 18.9 Å². The molecule has 0 radical (unpaired) electrons. The van der Waals surface area contributed by atoms with Gasteiger partial charge in [0.25, 0.3) is 0 Å². The summed E-state index contributed by atoms with van der Waals surface area (Å²) in [6.07, 6.45) is 6.26. The van der Waals surface area contributed by atoms with Gasteiger partial charge in [-0.3, -0.25) is 0 Å². The van der Waals surface area contributed by atoms with E-state index in [0.717, 1.165) is 12.5 Å². The molecule has 1 saturated carbocycles. The van der Waals surface area contributed by atoms with Gasteiger partial charge in [0.2, 0.25) is 0 Å². The number of ketones is 1. The van der Waals surface area contributed by atoms with Crippen LogP contribution in [0.3, 0.4) is 0 Å². The third kappa shape index (κ3) is 2.68. The Labute approximate surface area is 115 Å². The van der Waals surface area contributed by atoms with E-state index in [4.69, 9.17) is 0 Å². The van der Waals surface area contributed by atoms with Crippen LogP contribution in [-0.2, 0) is 4.79 Å². The quantitative estimate of drug-likeness (QED) is 0.818. The minimum Gasteiger partial charge on any atom is -0.370 e. The molecular formula is C17H23NO. The van der Waals surface area contributed by atoms with Gasteiger partial charge in [0.05, 0.1) is 0 Å². The van der Waals surface area contributed by atoms with Gasteiger partial charge in [-0.05, 0) is 37.3 Å². The summed E-state index contributed by atoms with van der Waals surface area (Å²) in [5, 5.41) is 0. The van der Waals surface area contributed by atoms with Crippen LogP contribution in [0.25, 0.3) is 0 Å². The van der Waals surface area contributed by atoms with Gasteiger partial charge in [-0.1, -0.05) is 31.0 Å². The van der Waals surface area contributed by atoms with E-state index in [2.05, 4.69) is 29.2 Å². The Balaban J connectivity index is 1.77. The molecule has 1 atom stereocenters. The maximum atomic E-state index is 11.4. The van der Waals surface area contributed by atoms with Crippen LogP contribution in [0.15, 0.2) is 24.3 Å². The van der Waals surface area contributed by atoms with Crippen LogP contribution in [0.4, 0.5) is 5.69 Å². The average molecular weight is 257 g/mol. The second-order valence-corrected chi connectivity index (χ2v) is 6.22. The summed E-state index contributed by atoms with van der Waals surface area (Å²) in [7, 11) is 0. The Hall–Kier alpha value is -1.31. The molecule has 0 aromatic heterocycles. The number of hydrogen-bond acceptors (Lipinski definition) is 2. The fourth-order valence-corrected chi connectivity index (χ4v) is 3.78. The fraction of sp³-hybridized carbons (Fsp3) is 0.588. The summed E-state index contributed by atoms with van der Waals surface area (Å²) >= 11 is 0. The standard InChI is InChI=1S/C17H23NO/c1-13(19)10-15-12-18(11-14-6-2-3-7-14)17-9-5-4-8-16(15)17/h4-5,8-9,14-15H,2-3,6-7,10-12H2,1H3. The second-order valence-electron chi connectivity index (χ2n) is 6.22. The molecule has 2 aliphatic rings. The third-order valence-corrected chi connectivity index (χ3v) is 4.65. The lowest BCUT2D eigenvalue weighted by atomic mass is 9.96. The molecule has 0 saturated heterocycles. The summed E-state index contributed by atoms with van der Waals surface area (Å²) in [5.74, 6) is 1.58. The van der Waals surface area contributed by atoms with Gasteiger partial charge < -0.3 is 9.69 Å². The number of para-hydroxylation sites is 1. The number of rotatable bonds is 4. The summed E-state index contributed by atoms with van der Waals surface area (Å²) in [5.41, 5.74) is 2.76. The van der Waals surface area contributed by atoms with Gasteiger partial charge in [-0.2, -0.15) is 0 Å². The molecule has 2 nitrogen and oxygen atoms in total. The van der Waals surface area contributed by atoms with Gasteiger partial charge in [0.15, 0.2) is 0 Å². The normalized spacial score (nSPS) is 22.8. The Morgan fingerprint density at radius 1 is 1.26 bits per heavy atom. The molecule has 1 aromatic carbocycles. The first-order valence-corrected chi connectivity index (χ1v) is 7.57. The number of Topliss-reactive ketones (excluding diaryl/α,β-unsaturated/α-hetero) is 1. The van der Waals surface area contributed by atoms with Crippen molar-refractivity contribution in [2.75, 3.05) is 18.0 Å². The Bertz CT molecular complexity index is 462. The molecule has 1 fully saturated rings. The maximum absolute atomic E-state index is 11.4. The summed E-state index contributed by atoms with van der Waals surface area (Å²) < 4.78 is 0. The van der Waals surface area contributed by atoms with Gasteiger partial charge in [0, 0.05) is 31.1 Å². The van der Waals surface area contributed by atoms with Crippen molar-refractivity contribution >= 4 is 11.5 Å². The van der Waals surface area contributed by atoms with Crippen LogP contribution < -0.4 is 4.90 Å². The SMILES string of the molecule is CC(=O)CC1CN(CC2CCCC2)c2ccccc21. The number of carbonyl (C=O) groups excluding carboxylic acids is 1. The van der Waals surface area contributed by atoms with Crippen LogP contribution in [0, 0.1) is 5.92 Å². The molecule has 1 aliphatic heterocycles.